The molecule has 9 heteroatoms. The number of fused-ring (bicyclic) bond motifs is 3. The minimum Gasteiger partial charge on any atom is -0.507 e. The molecule has 2 aliphatic carbocycles. The largest absolute Gasteiger partial charge is 0.507 e. The van der Waals surface area contributed by atoms with Crippen LogP contribution in [0.15, 0.2) is 11.6 Å². The number of anilines is 2. The van der Waals surface area contributed by atoms with Gasteiger partial charge in [-0.25, -0.2) is 0 Å². The standard InChI is InChI=1S/C30H40N4O5/c1-14-16(12-32-13-30(2,3)4)11-19(33(5)6)17-9-15-10-18-22(26(36)21(15)25(35)20(14)17)27(37)23(29(31)39)28(38)24(18)34(7)8/h11,15,32,36-38H,9-10,12-13H2,1-8H3,(H2,31,39)/t15-/m0/s1. The first-order chi connectivity index (χ1) is 18.1. The molecule has 2 aromatic rings. The predicted octanol–water partition coefficient (Wildman–Crippen LogP) is 3.65. The Morgan fingerprint density at radius 3 is 2.18 bits per heavy atom. The van der Waals surface area contributed by atoms with Gasteiger partial charge >= 0.3 is 0 Å². The summed E-state index contributed by atoms with van der Waals surface area (Å²) >= 11 is 0. The van der Waals surface area contributed by atoms with Crippen molar-refractivity contribution in [2.45, 2.75) is 47.1 Å². The number of nitrogens with two attached hydrogens (primary N) is 1. The van der Waals surface area contributed by atoms with Crippen molar-refractivity contribution < 1.29 is 24.9 Å². The van der Waals surface area contributed by atoms with E-state index < -0.39 is 23.0 Å². The van der Waals surface area contributed by atoms with Crippen molar-refractivity contribution in [1.82, 2.24) is 5.32 Å². The maximum atomic E-state index is 14.2. The number of nitrogens with zero attached hydrogens (tertiary/aromatic N) is 2. The Bertz CT molecular complexity index is 1420. The highest BCUT2D eigenvalue weighted by Crippen LogP contribution is 2.52. The van der Waals surface area contributed by atoms with Crippen LogP contribution in [0.2, 0.25) is 0 Å². The number of aliphatic hydroxyl groups is 1. The number of hydrogen-bond donors (Lipinski definition) is 5. The first kappa shape index (κ1) is 28.3. The lowest BCUT2D eigenvalue weighted by Crippen LogP contribution is -2.33. The summed E-state index contributed by atoms with van der Waals surface area (Å²) in [6.45, 7) is 9.81. The molecule has 1 amide bonds. The van der Waals surface area contributed by atoms with Crippen LogP contribution in [0.5, 0.6) is 11.5 Å². The van der Waals surface area contributed by atoms with Gasteiger partial charge in [0.25, 0.3) is 5.91 Å². The zero-order valence-electron chi connectivity index (χ0n) is 24.1. The van der Waals surface area contributed by atoms with Crippen LogP contribution < -0.4 is 20.9 Å². The van der Waals surface area contributed by atoms with Crippen molar-refractivity contribution in [1.29, 1.82) is 0 Å². The Balaban J connectivity index is 1.94. The summed E-state index contributed by atoms with van der Waals surface area (Å²) in [6.07, 6.45) is 0.782. The van der Waals surface area contributed by atoms with E-state index in [0.29, 0.717) is 24.1 Å². The summed E-state index contributed by atoms with van der Waals surface area (Å²) in [5.74, 6) is -3.13. The van der Waals surface area contributed by atoms with Crippen molar-refractivity contribution in [3.05, 3.63) is 50.6 Å². The molecule has 0 radical (unpaired) electrons. The number of amides is 1. The van der Waals surface area contributed by atoms with Crippen LogP contribution in [0.4, 0.5) is 11.4 Å². The topological polar surface area (TPSA) is 139 Å². The highest BCUT2D eigenvalue weighted by atomic mass is 16.3. The molecule has 39 heavy (non-hydrogen) atoms. The lowest BCUT2D eigenvalue weighted by atomic mass is 9.69. The molecular weight excluding hydrogens is 496 g/mol. The van der Waals surface area contributed by atoms with Gasteiger partial charge < -0.3 is 36.2 Å². The van der Waals surface area contributed by atoms with E-state index in [4.69, 9.17) is 5.73 Å². The molecule has 210 valence electrons. The normalized spacial score (nSPS) is 16.5. The molecule has 0 bridgehead atoms. The molecule has 0 unspecified atom stereocenters. The zero-order valence-corrected chi connectivity index (χ0v) is 24.1. The van der Waals surface area contributed by atoms with E-state index in [1.807, 2.05) is 25.9 Å². The van der Waals surface area contributed by atoms with Crippen molar-refractivity contribution >= 4 is 28.8 Å². The average Bonchev–Trinajstić information content (AvgIpc) is 2.78. The smallest absolute Gasteiger partial charge is 0.256 e. The number of phenols is 2. The molecule has 0 aliphatic heterocycles. The van der Waals surface area contributed by atoms with Gasteiger partial charge in [0, 0.05) is 58.1 Å². The van der Waals surface area contributed by atoms with Crippen LogP contribution in [0.1, 0.15) is 69.3 Å². The molecule has 0 saturated carbocycles. The summed E-state index contributed by atoms with van der Waals surface area (Å²) in [5.41, 5.74) is 10.3. The van der Waals surface area contributed by atoms with Gasteiger partial charge in [0.15, 0.2) is 11.5 Å². The number of rotatable bonds is 6. The van der Waals surface area contributed by atoms with Gasteiger partial charge in [-0.15, -0.1) is 0 Å². The van der Waals surface area contributed by atoms with Gasteiger partial charge in [0.2, 0.25) is 0 Å². The third kappa shape index (κ3) is 4.69. The fraction of sp³-hybridized carbons (Fsp3) is 0.467. The number of aliphatic hydroxyl groups excluding tert-OH is 1. The van der Waals surface area contributed by atoms with Gasteiger partial charge in [-0.2, -0.15) is 0 Å². The fourth-order valence-electron chi connectivity index (χ4n) is 6.00. The van der Waals surface area contributed by atoms with Gasteiger partial charge in [0.05, 0.1) is 11.3 Å². The second kappa shape index (κ2) is 9.79. The van der Waals surface area contributed by atoms with E-state index in [-0.39, 0.29) is 46.1 Å². The van der Waals surface area contributed by atoms with E-state index in [9.17, 15) is 24.9 Å². The summed E-state index contributed by atoms with van der Waals surface area (Å²) < 4.78 is 0. The number of allylic oxidation sites excluding steroid dienone is 1. The van der Waals surface area contributed by atoms with Gasteiger partial charge in [0.1, 0.15) is 17.1 Å². The van der Waals surface area contributed by atoms with Crippen LogP contribution in [-0.2, 0) is 19.4 Å². The third-order valence-corrected chi connectivity index (χ3v) is 7.72. The Labute approximate surface area is 229 Å². The number of aromatic hydroxyl groups is 2. The van der Waals surface area contributed by atoms with E-state index in [1.54, 1.807) is 19.0 Å². The Hall–Kier alpha value is -3.72. The first-order valence-corrected chi connectivity index (χ1v) is 13.2. The number of primary amides is 1. The number of nitrogens with one attached hydrogen (secondary N) is 1. The van der Waals surface area contributed by atoms with Crippen LogP contribution in [0.25, 0.3) is 5.76 Å². The monoisotopic (exact) mass is 536 g/mol. The summed E-state index contributed by atoms with van der Waals surface area (Å²) in [4.78, 5) is 30.0. The maximum absolute atomic E-state index is 14.2. The molecule has 6 N–H and O–H groups in total. The van der Waals surface area contributed by atoms with E-state index in [1.165, 1.54) is 0 Å². The molecule has 0 spiro atoms. The molecule has 1 atom stereocenters. The molecular formula is C30H40N4O5. The maximum Gasteiger partial charge on any atom is 0.256 e. The van der Waals surface area contributed by atoms with E-state index in [0.717, 1.165) is 28.9 Å². The SMILES string of the molecule is Cc1c(CNCC(C)(C)C)cc(N(C)C)c2c1C(=O)C1=C(O)c3c(O)c(C(N)=O)c(O)c(N(C)C)c3C[C@@H]1C2. The van der Waals surface area contributed by atoms with E-state index >= 15 is 0 Å². The van der Waals surface area contributed by atoms with Crippen LogP contribution in [0.3, 0.4) is 0 Å². The lowest BCUT2D eigenvalue weighted by molar-refractivity contribution is 0.0992. The highest BCUT2D eigenvalue weighted by molar-refractivity contribution is 6.17. The molecule has 4 rings (SSSR count). The van der Waals surface area contributed by atoms with Gasteiger partial charge in [-0.05, 0) is 59.4 Å². The number of hydrogen-bond acceptors (Lipinski definition) is 8. The summed E-state index contributed by atoms with van der Waals surface area (Å²) in [6, 6.07) is 2.13. The molecule has 2 aromatic carbocycles. The van der Waals surface area contributed by atoms with Crippen molar-refractivity contribution in [3.8, 4) is 11.5 Å². The quantitative estimate of drug-likeness (QED) is 0.377. The van der Waals surface area contributed by atoms with Gasteiger partial charge in [-0.3, -0.25) is 9.59 Å². The van der Waals surface area contributed by atoms with E-state index in [2.05, 4.69) is 32.2 Å². The Morgan fingerprint density at radius 1 is 1.03 bits per heavy atom. The molecule has 0 aromatic heterocycles. The fourth-order valence-corrected chi connectivity index (χ4v) is 6.00. The lowest BCUT2D eigenvalue weighted by Gasteiger charge is -2.37. The summed E-state index contributed by atoms with van der Waals surface area (Å²) in [5, 5.41) is 36.9. The molecule has 0 heterocycles. The number of benzene rings is 2. The summed E-state index contributed by atoms with van der Waals surface area (Å²) in [7, 11) is 7.29. The Kier molecular flexibility index (Phi) is 7.10. The second-order valence-electron chi connectivity index (χ2n) is 12.3. The molecule has 0 saturated heterocycles. The highest BCUT2D eigenvalue weighted by Gasteiger charge is 2.43. The van der Waals surface area contributed by atoms with Crippen molar-refractivity contribution in [3.63, 3.8) is 0 Å². The molecule has 0 fully saturated rings. The van der Waals surface area contributed by atoms with Gasteiger partial charge in [-0.1, -0.05) is 20.8 Å². The van der Waals surface area contributed by atoms with Crippen molar-refractivity contribution in [2.24, 2.45) is 17.1 Å². The Morgan fingerprint density at radius 2 is 1.64 bits per heavy atom. The van der Waals surface area contributed by atoms with Crippen molar-refractivity contribution in [2.75, 3.05) is 44.5 Å². The van der Waals surface area contributed by atoms with Crippen LogP contribution >= 0.6 is 0 Å². The van der Waals surface area contributed by atoms with Crippen LogP contribution in [0, 0.1) is 18.3 Å². The van der Waals surface area contributed by atoms with Crippen LogP contribution in [-0.4, -0.2) is 61.7 Å². The number of ketones is 1. The second-order valence-corrected chi connectivity index (χ2v) is 12.3. The minimum atomic E-state index is -1.03. The predicted molar refractivity (Wildman–Crippen MR) is 154 cm³/mol. The minimum absolute atomic E-state index is 0.0261. The average molecular weight is 537 g/mol. The number of carbonyl (C=O) groups excluding carboxylic acids is 2. The molecule has 2 aliphatic rings. The zero-order chi connectivity index (χ0) is 29.1. The first-order valence-electron chi connectivity index (χ1n) is 13.2. The molecule has 9 nitrogen and oxygen atoms in total. The number of carbonyl (C=O) groups is 2. The third-order valence-electron chi connectivity index (χ3n) is 7.72. The number of Topliss-reactive ketones (excluding diaryl/α,β-unsaturated/α-hetero) is 1.